The summed E-state index contributed by atoms with van der Waals surface area (Å²) in [6.07, 6.45) is 29.6. The number of carbonyl (C=O) groups is 1. The van der Waals surface area contributed by atoms with Crippen LogP contribution in [0.4, 0.5) is 0 Å². The molecule has 12 atom stereocenters. The zero-order valence-electron chi connectivity index (χ0n) is 39.4. The first-order valence-electron chi connectivity index (χ1n) is 24.7. The minimum absolute atomic E-state index is 0.259. The summed E-state index contributed by atoms with van der Waals surface area (Å²) in [5.74, 6) is -0.259. The van der Waals surface area contributed by atoms with Gasteiger partial charge in [-0.2, -0.15) is 0 Å². The van der Waals surface area contributed by atoms with Crippen LogP contribution < -0.4 is 5.32 Å². The molecule has 0 radical (unpaired) electrons. The van der Waals surface area contributed by atoms with Gasteiger partial charge in [-0.3, -0.25) is 4.79 Å². The Kier molecular flexibility index (Phi) is 33.7. The van der Waals surface area contributed by atoms with Crippen molar-refractivity contribution in [2.75, 3.05) is 19.8 Å². The summed E-state index contributed by atoms with van der Waals surface area (Å²) in [6, 6.07) is -0.921. The van der Waals surface area contributed by atoms with Crippen molar-refractivity contribution in [3.8, 4) is 0 Å². The first-order chi connectivity index (χ1) is 31.6. The van der Waals surface area contributed by atoms with Gasteiger partial charge in [0.15, 0.2) is 12.6 Å². The van der Waals surface area contributed by atoms with E-state index in [-0.39, 0.29) is 18.9 Å². The third kappa shape index (κ3) is 24.9. The van der Waals surface area contributed by atoms with Gasteiger partial charge in [0.25, 0.3) is 0 Å². The third-order valence-electron chi connectivity index (χ3n) is 11.6. The lowest BCUT2D eigenvalue weighted by atomic mass is 9.97. The van der Waals surface area contributed by atoms with Gasteiger partial charge in [0.2, 0.25) is 5.91 Å². The zero-order chi connectivity index (χ0) is 47.5. The highest BCUT2D eigenvalue weighted by Gasteiger charge is 2.51. The van der Waals surface area contributed by atoms with Gasteiger partial charge in [-0.25, -0.2) is 0 Å². The summed E-state index contributed by atoms with van der Waals surface area (Å²) in [5.41, 5.74) is 0. The van der Waals surface area contributed by atoms with E-state index in [0.29, 0.717) is 6.42 Å². The summed E-state index contributed by atoms with van der Waals surface area (Å²) < 4.78 is 22.6. The summed E-state index contributed by atoms with van der Waals surface area (Å²) in [6.45, 7) is 2.58. The molecule has 65 heavy (non-hydrogen) atoms. The maximum absolute atomic E-state index is 13.1. The van der Waals surface area contributed by atoms with Crippen LogP contribution >= 0.6 is 0 Å². The molecule has 2 saturated heterocycles. The predicted molar refractivity (Wildman–Crippen MR) is 253 cm³/mol. The molecule has 2 rings (SSSR count). The molecule has 14 heteroatoms. The van der Waals surface area contributed by atoms with Crippen molar-refractivity contribution in [1.29, 1.82) is 0 Å². The molecule has 0 bridgehead atoms. The van der Waals surface area contributed by atoms with Crippen LogP contribution in [-0.4, -0.2) is 140 Å². The fourth-order valence-corrected chi connectivity index (χ4v) is 7.61. The molecule has 0 spiro atoms. The van der Waals surface area contributed by atoms with E-state index >= 15 is 0 Å². The molecule has 0 aromatic heterocycles. The molecule has 0 aromatic carbocycles. The molecule has 1 amide bonds. The quantitative estimate of drug-likeness (QED) is 0.0258. The third-order valence-corrected chi connectivity index (χ3v) is 11.6. The molecule has 2 aliphatic heterocycles. The standard InChI is InChI=1S/C51H87NO13/c1-3-5-7-9-11-13-14-15-16-17-18-19-20-21-22-23-24-25-26-27-29-31-33-35-43(56)52-39(40(55)34-32-30-28-12-10-8-6-4-2)38-62-50-48(61)46(59)49(42(37-54)64-50)65-51-47(60)45(58)44(57)41(36-53)63-51/h5,7,11,13,15-16,18-19,21-22,32,34,39-42,44-51,53-55,57-61H,3-4,6,8-10,12,14,17,20,23-31,33,35-38H2,1-2H3,(H,52,56)/b7-5-,13-11-,16-15-,19-18-,22-21-,34-32+. The van der Waals surface area contributed by atoms with Crippen LogP contribution in [0, 0.1) is 0 Å². The number of hydrogen-bond acceptors (Lipinski definition) is 13. The molecule has 14 nitrogen and oxygen atoms in total. The summed E-state index contributed by atoms with van der Waals surface area (Å²) in [5, 5.41) is 86.4. The van der Waals surface area contributed by atoms with E-state index in [2.05, 4.69) is 79.9 Å². The number of hydrogen-bond donors (Lipinski definition) is 9. The number of amides is 1. The van der Waals surface area contributed by atoms with Gasteiger partial charge in [-0.05, 0) is 64.2 Å². The SMILES string of the molecule is CC/C=C\C/C=C\C/C=C\C/C=C\C/C=C\CCCCCCCCCC(=O)NC(COC1OC(CO)C(OC2OC(CO)C(O)C(O)C2O)C(O)C1O)C(O)/C=C/CCCCCCCC. The van der Waals surface area contributed by atoms with E-state index in [9.17, 15) is 45.6 Å². The number of ether oxygens (including phenoxy) is 4. The molecule has 12 unspecified atom stereocenters. The highest BCUT2D eigenvalue weighted by atomic mass is 16.7. The Hall–Kier alpha value is -2.57. The maximum Gasteiger partial charge on any atom is 0.220 e. The number of unbranched alkanes of at least 4 members (excludes halogenated alkanes) is 13. The smallest absolute Gasteiger partial charge is 0.220 e. The molecule has 0 aromatic rings. The van der Waals surface area contributed by atoms with Crippen molar-refractivity contribution in [3.63, 3.8) is 0 Å². The van der Waals surface area contributed by atoms with Gasteiger partial charge in [0.05, 0.1) is 32.0 Å². The second-order valence-electron chi connectivity index (χ2n) is 17.2. The lowest BCUT2D eigenvalue weighted by Crippen LogP contribution is -2.65. The van der Waals surface area contributed by atoms with Gasteiger partial charge in [0, 0.05) is 6.42 Å². The van der Waals surface area contributed by atoms with Crippen molar-refractivity contribution in [2.45, 2.75) is 222 Å². The lowest BCUT2D eigenvalue weighted by molar-refractivity contribution is -0.359. The number of carbonyl (C=O) groups excluding carboxylic acids is 1. The lowest BCUT2D eigenvalue weighted by Gasteiger charge is -2.46. The molecule has 0 aliphatic carbocycles. The zero-order valence-corrected chi connectivity index (χ0v) is 39.4. The Bertz CT molecular complexity index is 1370. The molecule has 0 saturated carbocycles. The normalized spacial score (nSPS) is 27.7. The number of aliphatic hydroxyl groups excluding tert-OH is 8. The van der Waals surface area contributed by atoms with Gasteiger partial charge >= 0.3 is 0 Å². The number of allylic oxidation sites excluding steroid dienone is 11. The summed E-state index contributed by atoms with van der Waals surface area (Å²) in [7, 11) is 0. The van der Waals surface area contributed by atoms with Gasteiger partial charge < -0.3 is 65.1 Å². The van der Waals surface area contributed by atoms with Crippen LogP contribution in [0.1, 0.15) is 149 Å². The summed E-state index contributed by atoms with van der Waals surface area (Å²) >= 11 is 0. The molecule has 2 fully saturated rings. The van der Waals surface area contributed by atoms with Crippen LogP contribution in [0.5, 0.6) is 0 Å². The predicted octanol–water partition coefficient (Wildman–Crippen LogP) is 6.04. The van der Waals surface area contributed by atoms with Gasteiger partial charge in [-0.1, -0.05) is 151 Å². The Morgan fingerprint density at radius 3 is 1.63 bits per heavy atom. The van der Waals surface area contributed by atoms with E-state index in [4.69, 9.17) is 18.9 Å². The first-order valence-corrected chi connectivity index (χ1v) is 24.7. The molecular formula is C51H87NO13. The Labute approximate surface area is 389 Å². The Morgan fingerprint density at radius 2 is 1.06 bits per heavy atom. The van der Waals surface area contributed by atoms with Crippen LogP contribution in [-0.2, 0) is 23.7 Å². The van der Waals surface area contributed by atoms with Gasteiger partial charge in [0.1, 0.15) is 48.8 Å². The largest absolute Gasteiger partial charge is 0.394 e. The monoisotopic (exact) mass is 922 g/mol. The second kappa shape index (κ2) is 37.4. The summed E-state index contributed by atoms with van der Waals surface area (Å²) in [4.78, 5) is 13.1. The van der Waals surface area contributed by atoms with Gasteiger partial charge in [-0.15, -0.1) is 0 Å². The van der Waals surface area contributed by atoms with E-state index in [1.54, 1.807) is 6.08 Å². The second-order valence-corrected chi connectivity index (χ2v) is 17.2. The number of rotatable bonds is 36. The van der Waals surface area contributed by atoms with Crippen molar-refractivity contribution >= 4 is 5.91 Å². The van der Waals surface area contributed by atoms with Crippen molar-refractivity contribution < 1.29 is 64.6 Å². The van der Waals surface area contributed by atoms with Crippen molar-refractivity contribution in [3.05, 3.63) is 72.9 Å². The Balaban J connectivity index is 1.77. The average molecular weight is 922 g/mol. The fourth-order valence-electron chi connectivity index (χ4n) is 7.61. The highest BCUT2D eigenvalue weighted by Crippen LogP contribution is 2.30. The maximum atomic E-state index is 13.1. The van der Waals surface area contributed by atoms with Crippen molar-refractivity contribution in [1.82, 2.24) is 5.32 Å². The van der Waals surface area contributed by atoms with Crippen LogP contribution in [0.15, 0.2) is 72.9 Å². The average Bonchev–Trinajstić information content (AvgIpc) is 3.30. The molecular weight excluding hydrogens is 835 g/mol. The van der Waals surface area contributed by atoms with E-state index in [1.165, 1.54) is 25.7 Å². The van der Waals surface area contributed by atoms with E-state index in [0.717, 1.165) is 96.3 Å². The number of nitrogens with one attached hydrogen (secondary N) is 1. The van der Waals surface area contributed by atoms with Crippen LogP contribution in [0.25, 0.3) is 0 Å². The van der Waals surface area contributed by atoms with E-state index in [1.807, 2.05) is 6.08 Å². The molecule has 9 N–H and O–H groups in total. The fraction of sp³-hybridized carbons (Fsp3) is 0.745. The first kappa shape index (κ1) is 58.6. The van der Waals surface area contributed by atoms with E-state index < -0.39 is 86.8 Å². The minimum atomic E-state index is -1.79. The minimum Gasteiger partial charge on any atom is -0.394 e. The van der Waals surface area contributed by atoms with Crippen LogP contribution in [0.3, 0.4) is 0 Å². The highest BCUT2D eigenvalue weighted by molar-refractivity contribution is 5.76. The molecule has 2 aliphatic rings. The van der Waals surface area contributed by atoms with Crippen molar-refractivity contribution in [2.24, 2.45) is 0 Å². The molecule has 2 heterocycles. The molecule has 374 valence electrons. The Morgan fingerprint density at radius 1 is 0.569 bits per heavy atom. The van der Waals surface area contributed by atoms with Crippen LogP contribution in [0.2, 0.25) is 0 Å². The topological polar surface area (TPSA) is 228 Å². The number of aliphatic hydroxyl groups is 8.